The molecule has 1 N–H and O–H groups in total. The molecule has 0 spiro atoms. The minimum atomic E-state index is -3.85. The van der Waals surface area contributed by atoms with Gasteiger partial charge in [0.25, 0.3) is 0 Å². The number of hydrogen-bond acceptors (Lipinski definition) is 5. The van der Waals surface area contributed by atoms with E-state index in [1.807, 2.05) is 13.8 Å². The first kappa shape index (κ1) is 28.5. The van der Waals surface area contributed by atoms with Crippen molar-refractivity contribution in [2.24, 2.45) is 0 Å². The van der Waals surface area contributed by atoms with Crippen molar-refractivity contribution in [2.45, 2.75) is 52.7 Å². The highest BCUT2D eigenvalue weighted by Crippen LogP contribution is 2.30. The number of para-hydroxylation sites is 2. The van der Waals surface area contributed by atoms with Gasteiger partial charge in [0.2, 0.25) is 21.8 Å². The van der Waals surface area contributed by atoms with Crippen LogP contribution in [0.4, 0.5) is 5.69 Å². The van der Waals surface area contributed by atoms with E-state index in [1.54, 1.807) is 62.4 Å². The minimum absolute atomic E-state index is 0.0666. The number of nitrogens with zero attached hydrogens (tertiary/aromatic N) is 2. The zero-order valence-electron chi connectivity index (χ0n) is 20.8. The molecular weight excluding hydrogens is 490 g/mol. The van der Waals surface area contributed by atoms with Gasteiger partial charge in [-0.15, -0.1) is 0 Å². The summed E-state index contributed by atoms with van der Waals surface area (Å²) in [4.78, 5) is 27.9. The Morgan fingerprint density at radius 2 is 1.69 bits per heavy atom. The Balaban J connectivity index is 2.42. The van der Waals surface area contributed by atoms with Crippen molar-refractivity contribution in [3.63, 3.8) is 0 Å². The summed E-state index contributed by atoms with van der Waals surface area (Å²) in [5.41, 5.74) is 1.01. The Bertz CT molecular complexity index is 1110. The monoisotopic (exact) mass is 523 g/mol. The number of halogens is 1. The molecule has 0 fully saturated rings. The van der Waals surface area contributed by atoms with Crippen LogP contribution in [0.3, 0.4) is 0 Å². The molecule has 0 saturated carbocycles. The quantitative estimate of drug-likeness (QED) is 0.456. The number of ether oxygens (including phenoxy) is 1. The molecule has 0 radical (unpaired) electrons. The smallest absolute Gasteiger partial charge is 0.244 e. The first-order valence-corrected chi connectivity index (χ1v) is 13.7. The molecule has 8 nitrogen and oxygen atoms in total. The van der Waals surface area contributed by atoms with Crippen LogP contribution in [-0.2, 0) is 26.2 Å². The SMILES string of the molecule is CCOc1ccccc1N(CC(=O)N(Cc1ccc(Cl)cc1)[C@H](C)C(=O)N[C@H](C)CC)S(C)(=O)=O. The first-order chi connectivity index (χ1) is 16.5. The van der Waals surface area contributed by atoms with Gasteiger partial charge in [0.15, 0.2) is 0 Å². The number of hydrogen-bond donors (Lipinski definition) is 1. The van der Waals surface area contributed by atoms with Crippen LogP contribution >= 0.6 is 11.6 Å². The molecule has 0 aliphatic carbocycles. The molecule has 0 saturated heterocycles. The van der Waals surface area contributed by atoms with Gasteiger partial charge in [0.05, 0.1) is 18.6 Å². The number of rotatable bonds is 12. The molecule has 10 heteroatoms. The fourth-order valence-electron chi connectivity index (χ4n) is 3.37. The van der Waals surface area contributed by atoms with Crippen molar-refractivity contribution >= 4 is 39.1 Å². The summed E-state index contributed by atoms with van der Waals surface area (Å²) in [5, 5.41) is 3.44. The number of benzene rings is 2. The first-order valence-electron chi connectivity index (χ1n) is 11.5. The molecule has 0 aliphatic rings. The molecule has 0 aliphatic heterocycles. The van der Waals surface area contributed by atoms with E-state index < -0.39 is 28.5 Å². The second-order valence-corrected chi connectivity index (χ2v) is 10.7. The molecule has 2 aromatic carbocycles. The maximum absolute atomic E-state index is 13.6. The third-order valence-corrected chi connectivity index (χ3v) is 6.93. The Hall–Kier alpha value is -2.78. The molecule has 0 aromatic heterocycles. The lowest BCUT2D eigenvalue weighted by atomic mass is 10.1. The maximum Gasteiger partial charge on any atom is 0.244 e. The highest BCUT2D eigenvalue weighted by atomic mass is 35.5. The summed E-state index contributed by atoms with van der Waals surface area (Å²) in [7, 11) is -3.85. The Morgan fingerprint density at radius 1 is 1.06 bits per heavy atom. The second kappa shape index (κ2) is 12.8. The van der Waals surface area contributed by atoms with Crippen molar-refractivity contribution in [3.05, 3.63) is 59.1 Å². The molecule has 2 amide bonds. The van der Waals surface area contributed by atoms with Crippen LogP contribution in [-0.4, -0.2) is 56.6 Å². The van der Waals surface area contributed by atoms with Gasteiger partial charge in [-0.05, 0) is 57.0 Å². The van der Waals surface area contributed by atoms with Gasteiger partial charge in [-0.1, -0.05) is 42.8 Å². The predicted molar refractivity (Wildman–Crippen MR) is 139 cm³/mol. The molecule has 2 aromatic rings. The van der Waals surface area contributed by atoms with Crippen molar-refractivity contribution < 1.29 is 22.7 Å². The normalized spacial score (nSPS) is 13.0. The lowest BCUT2D eigenvalue weighted by Gasteiger charge is -2.32. The topological polar surface area (TPSA) is 96.0 Å². The van der Waals surface area contributed by atoms with Crippen LogP contribution in [0.25, 0.3) is 0 Å². The Kier molecular flexibility index (Phi) is 10.4. The molecule has 0 bridgehead atoms. The number of carbonyl (C=O) groups is 2. The molecular formula is C25H34ClN3O5S. The van der Waals surface area contributed by atoms with E-state index in [1.165, 1.54) is 4.90 Å². The van der Waals surface area contributed by atoms with Crippen LogP contribution in [0.2, 0.25) is 5.02 Å². The van der Waals surface area contributed by atoms with E-state index in [4.69, 9.17) is 16.3 Å². The lowest BCUT2D eigenvalue weighted by Crippen LogP contribution is -2.52. The number of amides is 2. The highest BCUT2D eigenvalue weighted by molar-refractivity contribution is 7.92. The van der Waals surface area contributed by atoms with E-state index in [9.17, 15) is 18.0 Å². The molecule has 35 heavy (non-hydrogen) atoms. The van der Waals surface area contributed by atoms with Gasteiger partial charge in [-0.2, -0.15) is 0 Å². The van der Waals surface area contributed by atoms with Gasteiger partial charge in [0.1, 0.15) is 18.3 Å². The van der Waals surface area contributed by atoms with Gasteiger partial charge in [-0.3, -0.25) is 13.9 Å². The zero-order chi connectivity index (χ0) is 26.2. The van der Waals surface area contributed by atoms with Crippen molar-refractivity contribution in [2.75, 3.05) is 23.7 Å². The van der Waals surface area contributed by atoms with E-state index in [-0.39, 0.29) is 24.2 Å². The fourth-order valence-corrected chi connectivity index (χ4v) is 4.35. The largest absolute Gasteiger partial charge is 0.492 e. The van der Waals surface area contributed by atoms with Gasteiger partial charge in [0, 0.05) is 17.6 Å². The van der Waals surface area contributed by atoms with Crippen LogP contribution in [0.15, 0.2) is 48.5 Å². The van der Waals surface area contributed by atoms with Crippen molar-refractivity contribution in [1.29, 1.82) is 0 Å². The summed E-state index contributed by atoms with van der Waals surface area (Å²) >= 11 is 5.99. The van der Waals surface area contributed by atoms with Crippen LogP contribution in [0.1, 0.15) is 39.7 Å². The summed E-state index contributed by atoms with van der Waals surface area (Å²) in [6, 6.07) is 12.7. The Labute approximate surface area is 213 Å². The number of carbonyl (C=O) groups excluding carboxylic acids is 2. The molecule has 0 unspecified atom stereocenters. The second-order valence-electron chi connectivity index (χ2n) is 8.31. The van der Waals surface area contributed by atoms with Crippen LogP contribution in [0, 0.1) is 0 Å². The molecule has 0 heterocycles. The summed E-state index contributed by atoms with van der Waals surface area (Å²) < 4.78 is 32.1. The molecule has 2 atom stereocenters. The average molecular weight is 524 g/mol. The van der Waals surface area contributed by atoms with E-state index in [0.29, 0.717) is 17.4 Å². The Morgan fingerprint density at radius 3 is 2.26 bits per heavy atom. The zero-order valence-corrected chi connectivity index (χ0v) is 22.4. The number of nitrogens with one attached hydrogen (secondary N) is 1. The van der Waals surface area contributed by atoms with Crippen molar-refractivity contribution in [3.8, 4) is 5.75 Å². The van der Waals surface area contributed by atoms with Gasteiger partial charge >= 0.3 is 0 Å². The van der Waals surface area contributed by atoms with Gasteiger partial charge in [-0.25, -0.2) is 8.42 Å². The fraction of sp³-hybridized carbons (Fsp3) is 0.440. The minimum Gasteiger partial charge on any atom is -0.492 e. The number of anilines is 1. The predicted octanol–water partition coefficient (Wildman–Crippen LogP) is 3.84. The van der Waals surface area contributed by atoms with E-state index >= 15 is 0 Å². The maximum atomic E-state index is 13.6. The molecule has 192 valence electrons. The molecule has 2 rings (SSSR count). The highest BCUT2D eigenvalue weighted by Gasteiger charge is 2.31. The third-order valence-electron chi connectivity index (χ3n) is 5.55. The van der Waals surface area contributed by atoms with Crippen LogP contribution < -0.4 is 14.4 Å². The van der Waals surface area contributed by atoms with Crippen molar-refractivity contribution in [1.82, 2.24) is 10.2 Å². The standard InChI is InChI=1S/C25H34ClN3O5S/c1-6-18(3)27-25(31)19(4)28(16-20-12-14-21(26)15-13-20)24(30)17-29(35(5,32)33)22-10-8-9-11-23(22)34-7-2/h8-15,18-19H,6-7,16-17H2,1-5H3,(H,27,31)/t18-,19-/m1/s1. The van der Waals surface area contributed by atoms with Crippen LogP contribution in [0.5, 0.6) is 5.75 Å². The van der Waals surface area contributed by atoms with E-state index in [2.05, 4.69) is 5.32 Å². The van der Waals surface area contributed by atoms with Gasteiger partial charge < -0.3 is 15.0 Å². The van der Waals surface area contributed by atoms with E-state index in [0.717, 1.165) is 22.5 Å². The summed E-state index contributed by atoms with van der Waals surface area (Å²) in [6.07, 6.45) is 1.77. The average Bonchev–Trinajstić information content (AvgIpc) is 2.81. The third kappa shape index (κ3) is 8.14. The summed E-state index contributed by atoms with van der Waals surface area (Å²) in [6.45, 7) is 7.20. The summed E-state index contributed by atoms with van der Waals surface area (Å²) in [5.74, 6) is -0.495. The lowest BCUT2D eigenvalue weighted by molar-refractivity contribution is -0.139. The number of sulfonamides is 1.